The van der Waals surface area contributed by atoms with Crippen LogP contribution in [0.15, 0.2) is 66.2 Å². The van der Waals surface area contributed by atoms with Crippen LogP contribution in [0.5, 0.6) is 5.75 Å². The maximum atomic E-state index is 13.5. The highest BCUT2D eigenvalue weighted by atomic mass is 19.1. The number of aromatic nitrogens is 2. The fourth-order valence-corrected chi connectivity index (χ4v) is 3.98. The summed E-state index contributed by atoms with van der Waals surface area (Å²) in [6, 6.07) is 12.4. The predicted molar refractivity (Wildman–Crippen MR) is 132 cm³/mol. The third-order valence-electron chi connectivity index (χ3n) is 6.30. The molecule has 1 aliphatic heterocycles. The SMILES string of the molecule is CCC(C)CN1C(C=Cc2ccc(-n3cnc(C)c3)c(OC)c2)=NOC1(C)c1ccc(F)cc1. The van der Waals surface area contributed by atoms with E-state index in [0.29, 0.717) is 5.92 Å². The van der Waals surface area contributed by atoms with Crippen LogP contribution in [0, 0.1) is 18.7 Å². The number of rotatable bonds is 8. The largest absolute Gasteiger partial charge is 0.495 e. The van der Waals surface area contributed by atoms with Crippen LogP contribution in [0.1, 0.15) is 44.0 Å². The summed E-state index contributed by atoms with van der Waals surface area (Å²) < 4.78 is 21.1. The van der Waals surface area contributed by atoms with Gasteiger partial charge >= 0.3 is 0 Å². The molecule has 1 aliphatic rings. The molecular formula is C27H31FN4O2. The van der Waals surface area contributed by atoms with Crippen molar-refractivity contribution in [2.24, 2.45) is 11.1 Å². The third-order valence-corrected chi connectivity index (χ3v) is 6.30. The van der Waals surface area contributed by atoms with Crippen molar-refractivity contribution in [1.82, 2.24) is 14.5 Å². The second kappa shape index (κ2) is 9.71. The number of hydrogen-bond acceptors (Lipinski definition) is 5. The number of imidazole rings is 1. The van der Waals surface area contributed by atoms with Gasteiger partial charge in [-0.2, -0.15) is 0 Å². The summed E-state index contributed by atoms with van der Waals surface area (Å²) in [7, 11) is 1.66. The summed E-state index contributed by atoms with van der Waals surface area (Å²) in [5.74, 6) is 1.62. The zero-order valence-corrected chi connectivity index (χ0v) is 20.3. The zero-order valence-electron chi connectivity index (χ0n) is 20.3. The Morgan fingerprint density at radius 3 is 2.59 bits per heavy atom. The van der Waals surface area contributed by atoms with Gasteiger partial charge in [-0.1, -0.05) is 49.7 Å². The van der Waals surface area contributed by atoms with E-state index in [0.717, 1.165) is 47.1 Å². The molecule has 0 N–H and O–H groups in total. The lowest BCUT2D eigenvalue weighted by atomic mass is 10.00. The molecule has 34 heavy (non-hydrogen) atoms. The lowest BCUT2D eigenvalue weighted by Gasteiger charge is -2.35. The summed E-state index contributed by atoms with van der Waals surface area (Å²) in [4.78, 5) is 12.4. The number of nitrogens with zero attached hydrogens (tertiary/aromatic N) is 4. The molecule has 0 saturated heterocycles. The van der Waals surface area contributed by atoms with Crippen LogP contribution in [-0.2, 0) is 10.6 Å². The van der Waals surface area contributed by atoms with Gasteiger partial charge in [-0.05, 0) is 48.7 Å². The van der Waals surface area contributed by atoms with Gasteiger partial charge in [0.15, 0.2) is 5.84 Å². The molecular weight excluding hydrogens is 431 g/mol. The maximum Gasteiger partial charge on any atom is 0.234 e. The van der Waals surface area contributed by atoms with Crippen LogP contribution in [-0.4, -0.2) is 33.9 Å². The predicted octanol–water partition coefficient (Wildman–Crippen LogP) is 5.91. The van der Waals surface area contributed by atoms with Crippen molar-refractivity contribution < 1.29 is 14.0 Å². The fraction of sp³-hybridized carbons (Fsp3) is 0.333. The standard InChI is InChI=1S/C27H31FN4O2/c1-6-19(2)16-32-26(30-34-27(32,4)22-9-11-23(28)12-10-22)14-8-21-7-13-24(25(15-21)33-5)31-17-20(3)29-18-31/h7-15,17-19H,6,16H2,1-5H3. The highest BCUT2D eigenvalue weighted by Gasteiger charge is 2.43. The first-order valence-electron chi connectivity index (χ1n) is 11.5. The molecule has 0 amide bonds. The van der Waals surface area contributed by atoms with E-state index < -0.39 is 5.72 Å². The number of oxime groups is 1. The summed E-state index contributed by atoms with van der Waals surface area (Å²) in [6.07, 6.45) is 8.71. The van der Waals surface area contributed by atoms with Gasteiger partial charge in [0, 0.05) is 25.2 Å². The first kappa shape index (κ1) is 23.5. The minimum atomic E-state index is -0.808. The Labute approximate surface area is 200 Å². The van der Waals surface area contributed by atoms with Gasteiger partial charge in [-0.25, -0.2) is 9.37 Å². The summed E-state index contributed by atoms with van der Waals surface area (Å²) in [5, 5.41) is 4.40. The van der Waals surface area contributed by atoms with Crippen LogP contribution in [0.3, 0.4) is 0 Å². The fourth-order valence-electron chi connectivity index (χ4n) is 3.98. The Morgan fingerprint density at radius 2 is 1.94 bits per heavy atom. The van der Waals surface area contributed by atoms with Crippen LogP contribution in [0.2, 0.25) is 0 Å². The molecule has 0 bridgehead atoms. The monoisotopic (exact) mass is 462 g/mol. The van der Waals surface area contributed by atoms with Gasteiger partial charge < -0.3 is 19.0 Å². The smallest absolute Gasteiger partial charge is 0.234 e. The molecule has 6 nitrogen and oxygen atoms in total. The molecule has 2 unspecified atom stereocenters. The quantitative estimate of drug-likeness (QED) is 0.418. The molecule has 0 fully saturated rings. The summed E-state index contributed by atoms with van der Waals surface area (Å²) in [6.45, 7) is 9.05. The Morgan fingerprint density at radius 1 is 1.18 bits per heavy atom. The number of methoxy groups -OCH3 is 1. The molecule has 1 aromatic heterocycles. The average molecular weight is 463 g/mol. The van der Waals surface area contributed by atoms with E-state index >= 15 is 0 Å². The lowest BCUT2D eigenvalue weighted by Crippen LogP contribution is -2.45. The number of hydrogen-bond donors (Lipinski definition) is 0. The van der Waals surface area contributed by atoms with Gasteiger partial charge in [0.2, 0.25) is 5.72 Å². The van der Waals surface area contributed by atoms with Crippen LogP contribution in [0.4, 0.5) is 4.39 Å². The molecule has 0 spiro atoms. The van der Waals surface area contributed by atoms with Crippen molar-refractivity contribution in [3.8, 4) is 11.4 Å². The van der Waals surface area contributed by atoms with Crippen molar-refractivity contribution >= 4 is 11.9 Å². The average Bonchev–Trinajstić information content (AvgIpc) is 3.41. The lowest BCUT2D eigenvalue weighted by molar-refractivity contribution is -0.0938. The zero-order chi connectivity index (χ0) is 24.3. The highest BCUT2D eigenvalue weighted by Crippen LogP contribution is 2.36. The Hall–Kier alpha value is -3.61. The molecule has 2 atom stereocenters. The number of aryl methyl sites for hydroxylation is 1. The topological polar surface area (TPSA) is 51.9 Å². The van der Waals surface area contributed by atoms with E-state index in [1.807, 2.05) is 55.0 Å². The van der Waals surface area contributed by atoms with Crippen molar-refractivity contribution in [2.45, 2.75) is 39.8 Å². The second-order valence-electron chi connectivity index (χ2n) is 8.84. The van der Waals surface area contributed by atoms with E-state index in [2.05, 4.69) is 28.9 Å². The third kappa shape index (κ3) is 4.69. The molecule has 7 heteroatoms. The normalized spacial score (nSPS) is 18.8. The Kier molecular flexibility index (Phi) is 6.72. The van der Waals surface area contributed by atoms with Crippen molar-refractivity contribution in [3.05, 3.63) is 83.7 Å². The first-order valence-corrected chi connectivity index (χ1v) is 11.5. The maximum absolute atomic E-state index is 13.5. The van der Waals surface area contributed by atoms with Gasteiger partial charge in [0.05, 0.1) is 24.8 Å². The van der Waals surface area contributed by atoms with Gasteiger partial charge in [0.25, 0.3) is 0 Å². The molecule has 3 aromatic rings. The van der Waals surface area contributed by atoms with Crippen molar-refractivity contribution in [3.63, 3.8) is 0 Å². The minimum absolute atomic E-state index is 0.275. The van der Waals surface area contributed by atoms with E-state index in [4.69, 9.17) is 9.57 Å². The Balaban J connectivity index is 1.61. The number of halogens is 1. The minimum Gasteiger partial charge on any atom is -0.495 e. The highest BCUT2D eigenvalue weighted by molar-refractivity contribution is 5.97. The van der Waals surface area contributed by atoms with E-state index in [-0.39, 0.29) is 5.82 Å². The molecule has 178 valence electrons. The number of amidine groups is 1. The van der Waals surface area contributed by atoms with Gasteiger partial charge in [-0.3, -0.25) is 0 Å². The van der Waals surface area contributed by atoms with Gasteiger partial charge in [0.1, 0.15) is 11.6 Å². The number of benzene rings is 2. The van der Waals surface area contributed by atoms with Gasteiger partial charge in [-0.15, -0.1) is 0 Å². The Bertz CT molecular complexity index is 1200. The van der Waals surface area contributed by atoms with Crippen LogP contribution >= 0.6 is 0 Å². The van der Waals surface area contributed by atoms with E-state index in [1.165, 1.54) is 12.1 Å². The van der Waals surface area contributed by atoms with Crippen LogP contribution in [0.25, 0.3) is 11.8 Å². The van der Waals surface area contributed by atoms with E-state index in [9.17, 15) is 4.39 Å². The molecule has 0 radical (unpaired) electrons. The second-order valence-corrected chi connectivity index (χ2v) is 8.84. The molecule has 2 aromatic carbocycles. The van der Waals surface area contributed by atoms with Crippen LogP contribution < -0.4 is 4.74 Å². The van der Waals surface area contributed by atoms with Crippen molar-refractivity contribution in [2.75, 3.05) is 13.7 Å². The molecule has 0 saturated carbocycles. The van der Waals surface area contributed by atoms with Crippen molar-refractivity contribution in [1.29, 1.82) is 0 Å². The molecule has 0 aliphatic carbocycles. The molecule has 4 rings (SSSR count). The first-order chi connectivity index (χ1) is 16.3. The summed E-state index contributed by atoms with van der Waals surface area (Å²) in [5.41, 5.74) is 2.88. The molecule has 2 heterocycles. The van der Waals surface area contributed by atoms with E-state index in [1.54, 1.807) is 25.6 Å². The summed E-state index contributed by atoms with van der Waals surface area (Å²) >= 11 is 0. The number of ether oxygens (including phenoxy) is 1.